The fourth-order valence-electron chi connectivity index (χ4n) is 1.64. The van der Waals surface area contributed by atoms with Gasteiger partial charge in [-0.25, -0.2) is 4.79 Å². The number of likely N-dealkylation sites (N-methyl/N-ethyl adjacent to an activating group) is 1. The summed E-state index contributed by atoms with van der Waals surface area (Å²) in [5.41, 5.74) is -0.245. The molecule has 8 nitrogen and oxygen atoms in total. The Morgan fingerprint density at radius 2 is 2.33 bits per heavy atom. The summed E-state index contributed by atoms with van der Waals surface area (Å²) in [4.78, 5) is 38.3. The number of rotatable bonds is 3. The molecule has 0 bridgehead atoms. The highest BCUT2D eigenvalue weighted by Crippen LogP contribution is 2.16. The highest BCUT2D eigenvalue weighted by molar-refractivity contribution is 6.01. The molecule has 96 valence electrons. The molecule has 1 aliphatic heterocycles. The topological polar surface area (TPSA) is 113 Å². The van der Waals surface area contributed by atoms with E-state index < -0.39 is 12.0 Å². The molecule has 0 radical (unpaired) electrons. The summed E-state index contributed by atoms with van der Waals surface area (Å²) in [6.45, 7) is 0. The van der Waals surface area contributed by atoms with Crippen molar-refractivity contribution in [1.82, 2.24) is 9.88 Å². The maximum absolute atomic E-state index is 11.7. The fraction of sp³-hybridized carbons (Fsp3) is 0.400. The Hall–Kier alpha value is -2.38. The Balaban J connectivity index is 2.07. The maximum atomic E-state index is 11.7. The number of carbonyl (C=O) groups excluding carboxylic acids is 2. The van der Waals surface area contributed by atoms with Crippen LogP contribution in [0.25, 0.3) is 0 Å². The van der Waals surface area contributed by atoms with Gasteiger partial charge in [-0.2, -0.15) is 4.98 Å². The molecule has 2 amide bonds. The number of likely N-dealkylation sites (tertiary alicyclic amines) is 1. The van der Waals surface area contributed by atoms with E-state index in [2.05, 4.69) is 10.3 Å². The van der Waals surface area contributed by atoms with Gasteiger partial charge in [-0.3, -0.25) is 14.5 Å². The molecular weight excluding hydrogens is 242 g/mol. The van der Waals surface area contributed by atoms with Crippen molar-refractivity contribution in [2.45, 2.75) is 18.9 Å². The van der Waals surface area contributed by atoms with Gasteiger partial charge in [0.15, 0.2) is 5.69 Å². The van der Waals surface area contributed by atoms with Crippen LogP contribution in [-0.2, 0) is 9.59 Å². The summed E-state index contributed by atoms with van der Waals surface area (Å²) in [5.74, 6) is -1.84. The van der Waals surface area contributed by atoms with Crippen molar-refractivity contribution in [2.24, 2.45) is 0 Å². The first-order chi connectivity index (χ1) is 8.49. The maximum Gasteiger partial charge on any atom is 0.357 e. The summed E-state index contributed by atoms with van der Waals surface area (Å²) in [5, 5.41) is 11.3. The smallest absolute Gasteiger partial charge is 0.357 e. The number of aromatic carboxylic acids is 1. The lowest BCUT2D eigenvalue weighted by atomic mass is 10.1. The van der Waals surface area contributed by atoms with Gasteiger partial charge in [0, 0.05) is 13.5 Å². The third kappa shape index (κ3) is 2.17. The van der Waals surface area contributed by atoms with Crippen LogP contribution in [0.5, 0.6) is 0 Å². The van der Waals surface area contributed by atoms with Crippen LogP contribution in [0.1, 0.15) is 23.3 Å². The Kier molecular flexibility index (Phi) is 3.00. The molecule has 8 heteroatoms. The predicted molar refractivity (Wildman–Crippen MR) is 57.9 cm³/mol. The number of oxazole rings is 1. The molecule has 2 N–H and O–H groups in total. The van der Waals surface area contributed by atoms with E-state index >= 15 is 0 Å². The summed E-state index contributed by atoms with van der Waals surface area (Å²) >= 11 is 0. The first kappa shape index (κ1) is 12.1. The largest absolute Gasteiger partial charge is 0.476 e. The zero-order valence-electron chi connectivity index (χ0n) is 9.54. The summed E-state index contributed by atoms with van der Waals surface area (Å²) in [6.07, 6.45) is 1.55. The van der Waals surface area contributed by atoms with Crippen LogP contribution >= 0.6 is 0 Å². The van der Waals surface area contributed by atoms with Crippen molar-refractivity contribution < 1.29 is 23.9 Å². The van der Waals surface area contributed by atoms with Crippen molar-refractivity contribution >= 4 is 23.8 Å². The molecule has 2 rings (SSSR count). The first-order valence-electron chi connectivity index (χ1n) is 5.25. The molecule has 2 heterocycles. The number of imide groups is 1. The molecule has 1 unspecified atom stereocenters. The minimum atomic E-state index is -1.21. The van der Waals surface area contributed by atoms with E-state index in [0.29, 0.717) is 6.42 Å². The Morgan fingerprint density at radius 1 is 1.61 bits per heavy atom. The van der Waals surface area contributed by atoms with Gasteiger partial charge in [0.2, 0.25) is 5.91 Å². The van der Waals surface area contributed by atoms with Crippen molar-refractivity contribution in [1.29, 1.82) is 0 Å². The van der Waals surface area contributed by atoms with Crippen LogP contribution < -0.4 is 5.32 Å². The van der Waals surface area contributed by atoms with Crippen LogP contribution in [-0.4, -0.2) is 45.9 Å². The van der Waals surface area contributed by atoms with Crippen LogP contribution in [0.3, 0.4) is 0 Å². The van der Waals surface area contributed by atoms with E-state index in [1.807, 2.05) is 0 Å². The average Bonchev–Trinajstić information content (AvgIpc) is 2.79. The molecule has 1 aromatic heterocycles. The number of carboxylic acids is 1. The van der Waals surface area contributed by atoms with E-state index in [-0.39, 0.29) is 29.9 Å². The first-order valence-corrected chi connectivity index (χ1v) is 5.25. The number of nitrogens with one attached hydrogen (secondary N) is 1. The monoisotopic (exact) mass is 253 g/mol. The molecular formula is C10H11N3O5. The van der Waals surface area contributed by atoms with Gasteiger partial charge < -0.3 is 14.8 Å². The Morgan fingerprint density at radius 3 is 2.94 bits per heavy atom. The SMILES string of the molecule is CN1C(=O)CCC(Nc2nc(C(=O)O)co2)C1=O. The number of piperidine rings is 1. The lowest BCUT2D eigenvalue weighted by molar-refractivity contribution is -0.146. The molecule has 0 saturated carbocycles. The van der Waals surface area contributed by atoms with Crippen LogP contribution in [0.4, 0.5) is 6.01 Å². The van der Waals surface area contributed by atoms with E-state index in [1.165, 1.54) is 7.05 Å². The van der Waals surface area contributed by atoms with Gasteiger partial charge in [-0.15, -0.1) is 0 Å². The molecule has 18 heavy (non-hydrogen) atoms. The van der Waals surface area contributed by atoms with E-state index in [4.69, 9.17) is 9.52 Å². The van der Waals surface area contributed by atoms with Gasteiger partial charge in [0.05, 0.1) is 0 Å². The number of carboxylic acid groups (broad SMARTS) is 1. The van der Waals surface area contributed by atoms with Crippen LogP contribution in [0.15, 0.2) is 10.7 Å². The minimum Gasteiger partial charge on any atom is -0.476 e. The lowest BCUT2D eigenvalue weighted by Crippen LogP contribution is -2.48. The highest BCUT2D eigenvalue weighted by Gasteiger charge is 2.32. The molecule has 0 spiro atoms. The van der Waals surface area contributed by atoms with Crippen LogP contribution in [0.2, 0.25) is 0 Å². The second-order valence-corrected chi connectivity index (χ2v) is 3.87. The van der Waals surface area contributed by atoms with E-state index in [1.54, 1.807) is 0 Å². The number of hydrogen-bond acceptors (Lipinski definition) is 6. The number of aromatic nitrogens is 1. The third-order valence-electron chi connectivity index (χ3n) is 2.67. The van der Waals surface area contributed by atoms with Crippen molar-refractivity contribution in [3.8, 4) is 0 Å². The number of hydrogen-bond donors (Lipinski definition) is 2. The molecule has 1 saturated heterocycles. The lowest BCUT2D eigenvalue weighted by Gasteiger charge is -2.27. The molecule has 0 aromatic carbocycles. The molecule has 0 aliphatic carbocycles. The number of carbonyl (C=O) groups is 3. The quantitative estimate of drug-likeness (QED) is 0.725. The van der Waals surface area contributed by atoms with Crippen molar-refractivity contribution in [3.63, 3.8) is 0 Å². The third-order valence-corrected chi connectivity index (χ3v) is 2.67. The summed E-state index contributed by atoms with van der Waals surface area (Å²) in [7, 11) is 1.40. The second kappa shape index (κ2) is 4.47. The van der Waals surface area contributed by atoms with Gasteiger partial charge in [0.25, 0.3) is 11.9 Å². The second-order valence-electron chi connectivity index (χ2n) is 3.87. The number of anilines is 1. The number of nitrogens with zero attached hydrogens (tertiary/aromatic N) is 2. The zero-order chi connectivity index (χ0) is 13.3. The van der Waals surface area contributed by atoms with E-state index in [0.717, 1.165) is 11.2 Å². The van der Waals surface area contributed by atoms with Gasteiger partial charge in [-0.1, -0.05) is 0 Å². The summed E-state index contributed by atoms with van der Waals surface area (Å²) in [6, 6.07) is -0.679. The number of amides is 2. The van der Waals surface area contributed by atoms with Crippen LogP contribution in [0, 0.1) is 0 Å². The standard InChI is InChI=1S/C10H11N3O5/c1-13-7(14)3-2-5(8(13)15)11-10-12-6(4-18-10)9(16)17/h4-5H,2-3H2,1H3,(H,11,12)(H,16,17). The Bertz CT molecular complexity index is 509. The normalized spacial score (nSPS) is 20.1. The zero-order valence-corrected chi connectivity index (χ0v) is 9.54. The molecule has 1 fully saturated rings. The minimum absolute atomic E-state index is 0.0477. The summed E-state index contributed by atoms with van der Waals surface area (Å²) < 4.78 is 4.88. The van der Waals surface area contributed by atoms with E-state index in [9.17, 15) is 14.4 Å². The Labute approximate surface area is 102 Å². The molecule has 1 atom stereocenters. The molecule has 1 aromatic rings. The van der Waals surface area contributed by atoms with Gasteiger partial charge >= 0.3 is 5.97 Å². The van der Waals surface area contributed by atoms with Crippen molar-refractivity contribution in [2.75, 3.05) is 12.4 Å². The highest BCUT2D eigenvalue weighted by atomic mass is 16.4. The average molecular weight is 253 g/mol. The van der Waals surface area contributed by atoms with Gasteiger partial charge in [-0.05, 0) is 6.42 Å². The van der Waals surface area contributed by atoms with Gasteiger partial charge in [0.1, 0.15) is 12.3 Å². The predicted octanol–water partition coefficient (Wildman–Crippen LogP) is -0.0679. The molecule has 1 aliphatic rings. The fourth-order valence-corrected chi connectivity index (χ4v) is 1.64. The van der Waals surface area contributed by atoms with Crippen molar-refractivity contribution in [3.05, 3.63) is 12.0 Å².